The van der Waals surface area contributed by atoms with Crippen molar-refractivity contribution in [3.63, 3.8) is 0 Å². The van der Waals surface area contributed by atoms with Crippen molar-refractivity contribution in [1.29, 1.82) is 0 Å². The standard InChI is InChI=1S/C13H21N3O/c1-13(2,3)12(17)14-8-11-10(9-5-6-9)7-15-16(11)4/h7,9H,5-6,8H2,1-4H3,(H,14,17). The Kier molecular flexibility index (Phi) is 2.98. The smallest absolute Gasteiger partial charge is 0.225 e. The summed E-state index contributed by atoms with van der Waals surface area (Å²) in [6.07, 6.45) is 4.45. The van der Waals surface area contributed by atoms with Crippen LogP contribution in [0.15, 0.2) is 6.20 Å². The van der Waals surface area contributed by atoms with Gasteiger partial charge in [0, 0.05) is 12.5 Å². The van der Waals surface area contributed by atoms with E-state index < -0.39 is 0 Å². The summed E-state index contributed by atoms with van der Waals surface area (Å²) >= 11 is 0. The van der Waals surface area contributed by atoms with Crippen LogP contribution in [0.3, 0.4) is 0 Å². The van der Waals surface area contributed by atoms with E-state index >= 15 is 0 Å². The lowest BCUT2D eigenvalue weighted by Gasteiger charge is -2.18. The molecule has 1 N–H and O–H groups in total. The minimum atomic E-state index is -0.335. The predicted molar refractivity (Wildman–Crippen MR) is 66.5 cm³/mol. The van der Waals surface area contributed by atoms with E-state index in [1.165, 1.54) is 18.4 Å². The van der Waals surface area contributed by atoms with Crippen molar-refractivity contribution in [1.82, 2.24) is 15.1 Å². The molecule has 4 nitrogen and oxygen atoms in total. The van der Waals surface area contributed by atoms with Gasteiger partial charge in [0.15, 0.2) is 0 Å². The van der Waals surface area contributed by atoms with Crippen LogP contribution in [0, 0.1) is 5.41 Å². The first-order chi connectivity index (χ1) is 7.89. The highest BCUT2D eigenvalue weighted by Crippen LogP contribution is 2.41. The minimum absolute atomic E-state index is 0.0837. The van der Waals surface area contributed by atoms with Gasteiger partial charge in [0.05, 0.1) is 18.4 Å². The second kappa shape index (κ2) is 4.17. The summed E-state index contributed by atoms with van der Waals surface area (Å²) in [7, 11) is 1.93. The molecule has 1 aliphatic rings. The molecule has 1 fully saturated rings. The Bertz CT molecular complexity index is 424. The first-order valence-corrected chi connectivity index (χ1v) is 6.18. The summed E-state index contributed by atoms with van der Waals surface area (Å²) in [6, 6.07) is 0. The molecule has 4 heteroatoms. The lowest BCUT2D eigenvalue weighted by molar-refractivity contribution is -0.128. The molecule has 0 bridgehead atoms. The number of nitrogens with one attached hydrogen (secondary N) is 1. The molecule has 0 aromatic carbocycles. The molecule has 1 aromatic heterocycles. The molecule has 1 amide bonds. The van der Waals surface area contributed by atoms with Gasteiger partial charge in [-0.25, -0.2) is 0 Å². The van der Waals surface area contributed by atoms with Crippen LogP contribution < -0.4 is 5.32 Å². The largest absolute Gasteiger partial charge is 0.350 e. The molecule has 0 aliphatic heterocycles. The molecule has 94 valence electrons. The van der Waals surface area contributed by atoms with Gasteiger partial charge in [-0.05, 0) is 24.3 Å². The molecule has 2 rings (SSSR count). The van der Waals surface area contributed by atoms with Crippen molar-refractivity contribution in [3.05, 3.63) is 17.5 Å². The molecule has 0 atom stereocenters. The zero-order valence-corrected chi connectivity index (χ0v) is 11.1. The highest BCUT2D eigenvalue weighted by atomic mass is 16.2. The number of carbonyl (C=O) groups excluding carboxylic acids is 1. The number of amides is 1. The first-order valence-electron chi connectivity index (χ1n) is 6.18. The number of hydrogen-bond acceptors (Lipinski definition) is 2. The lowest BCUT2D eigenvalue weighted by Crippen LogP contribution is -2.35. The maximum Gasteiger partial charge on any atom is 0.225 e. The number of aromatic nitrogens is 2. The first kappa shape index (κ1) is 12.1. The van der Waals surface area contributed by atoms with Gasteiger partial charge in [0.1, 0.15) is 0 Å². The van der Waals surface area contributed by atoms with Gasteiger partial charge in [0.25, 0.3) is 0 Å². The Labute approximate surface area is 102 Å². The van der Waals surface area contributed by atoms with E-state index in [0.717, 1.165) is 5.69 Å². The number of aryl methyl sites for hydroxylation is 1. The molecule has 1 aromatic rings. The summed E-state index contributed by atoms with van der Waals surface area (Å²) in [5.41, 5.74) is 2.12. The average molecular weight is 235 g/mol. The van der Waals surface area contributed by atoms with Gasteiger partial charge < -0.3 is 5.32 Å². The number of rotatable bonds is 3. The topological polar surface area (TPSA) is 46.9 Å². The summed E-state index contributed by atoms with van der Waals surface area (Å²) in [5, 5.41) is 7.27. The molecule has 0 spiro atoms. The van der Waals surface area contributed by atoms with Crippen molar-refractivity contribution >= 4 is 5.91 Å². The predicted octanol–water partition coefficient (Wildman–Crippen LogP) is 1.96. The minimum Gasteiger partial charge on any atom is -0.350 e. The van der Waals surface area contributed by atoms with Gasteiger partial charge in [-0.15, -0.1) is 0 Å². The van der Waals surface area contributed by atoms with Crippen LogP contribution in [0.5, 0.6) is 0 Å². The fourth-order valence-electron chi connectivity index (χ4n) is 1.86. The molecule has 1 aliphatic carbocycles. The fourth-order valence-corrected chi connectivity index (χ4v) is 1.86. The summed E-state index contributed by atoms with van der Waals surface area (Å²) in [4.78, 5) is 11.8. The van der Waals surface area contributed by atoms with Crippen molar-refractivity contribution < 1.29 is 4.79 Å². The highest BCUT2D eigenvalue weighted by Gasteiger charge is 2.29. The lowest BCUT2D eigenvalue weighted by atomic mass is 9.95. The van der Waals surface area contributed by atoms with E-state index in [4.69, 9.17) is 0 Å². The van der Waals surface area contributed by atoms with Gasteiger partial charge in [-0.3, -0.25) is 9.48 Å². The monoisotopic (exact) mass is 235 g/mol. The van der Waals surface area contributed by atoms with Crippen LogP contribution in [-0.4, -0.2) is 15.7 Å². The molecule has 1 saturated carbocycles. The highest BCUT2D eigenvalue weighted by molar-refractivity contribution is 5.81. The van der Waals surface area contributed by atoms with E-state index in [1.54, 1.807) is 0 Å². The van der Waals surface area contributed by atoms with Crippen molar-refractivity contribution in [2.24, 2.45) is 12.5 Å². The molecular formula is C13H21N3O. The second-order valence-corrected chi connectivity index (χ2v) is 5.88. The van der Waals surface area contributed by atoms with E-state index in [-0.39, 0.29) is 11.3 Å². The molecule has 1 heterocycles. The van der Waals surface area contributed by atoms with Crippen molar-refractivity contribution in [2.45, 2.75) is 46.1 Å². The molecule has 0 saturated heterocycles. The number of hydrogen-bond donors (Lipinski definition) is 1. The third kappa shape index (κ3) is 2.68. The molecular weight excluding hydrogens is 214 g/mol. The van der Waals surface area contributed by atoms with Crippen LogP contribution in [0.25, 0.3) is 0 Å². The third-order valence-corrected chi connectivity index (χ3v) is 3.21. The third-order valence-electron chi connectivity index (χ3n) is 3.21. The van der Waals surface area contributed by atoms with E-state index in [1.807, 2.05) is 38.7 Å². The molecule has 0 radical (unpaired) electrons. The Morgan fingerprint density at radius 3 is 2.71 bits per heavy atom. The average Bonchev–Trinajstić information content (AvgIpc) is 2.99. The molecule has 17 heavy (non-hydrogen) atoms. The zero-order chi connectivity index (χ0) is 12.6. The van der Waals surface area contributed by atoms with E-state index in [0.29, 0.717) is 12.5 Å². The summed E-state index contributed by atoms with van der Waals surface area (Å²) < 4.78 is 1.87. The number of nitrogens with zero attached hydrogens (tertiary/aromatic N) is 2. The van der Waals surface area contributed by atoms with E-state index in [2.05, 4.69) is 10.4 Å². The molecule has 0 unspecified atom stereocenters. The maximum atomic E-state index is 11.8. The van der Waals surface area contributed by atoms with E-state index in [9.17, 15) is 4.79 Å². The number of carbonyl (C=O) groups is 1. The maximum absolute atomic E-state index is 11.8. The van der Waals surface area contributed by atoms with Crippen LogP contribution in [0.2, 0.25) is 0 Å². The summed E-state index contributed by atoms with van der Waals surface area (Å²) in [6.45, 7) is 6.35. The zero-order valence-electron chi connectivity index (χ0n) is 11.1. The quantitative estimate of drug-likeness (QED) is 0.870. The Morgan fingerprint density at radius 2 is 2.18 bits per heavy atom. The fraction of sp³-hybridized carbons (Fsp3) is 0.692. The Balaban J connectivity index is 2.03. The van der Waals surface area contributed by atoms with Gasteiger partial charge in [0.2, 0.25) is 5.91 Å². The van der Waals surface area contributed by atoms with Gasteiger partial charge >= 0.3 is 0 Å². The van der Waals surface area contributed by atoms with Crippen LogP contribution in [0.1, 0.15) is 50.8 Å². The normalized spacial score (nSPS) is 16.0. The van der Waals surface area contributed by atoms with Crippen molar-refractivity contribution in [3.8, 4) is 0 Å². The van der Waals surface area contributed by atoms with Crippen molar-refractivity contribution in [2.75, 3.05) is 0 Å². The Morgan fingerprint density at radius 1 is 1.53 bits per heavy atom. The van der Waals surface area contributed by atoms with Gasteiger partial charge in [-0.1, -0.05) is 20.8 Å². The SMILES string of the molecule is Cn1ncc(C2CC2)c1CNC(=O)C(C)(C)C. The van der Waals surface area contributed by atoms with Crippen LogP contribution >= 0.6 is 0 Å². The second-order valence-electron chi connectivity index (χ2n) is 5.88. The Hall–Kier alpha value is -1.32. The van der Waals surface area contributed by atoms with Crippen LogP contribution in [0.4, 0.5) is 0 Å². The summed E-state index contributed by atoms with van der Waals surface area (Å²) in [5.74, 6) is 0.755. The van der Waals surface area contributed by atoms with Crippen LogP contribution in [-0.2, 0) is 18.4 Å². The van der Waals surface area contributed by atoms with Gasteiger partial charge in [-0.2, -0.15) is 5.10 Å².